The summed E-state index contributed by atoms with van der Waals surface area (Å²) >= 11 is 6.48. The van der Waals surface area contributed by atoms with Gasteiger partial charge in [-0.2, -0.15) is 0 Å². The average Bonchev–Trinajstić information content (AvgIpc) is 3.25. The van der Waals surface area contributed by atoms with E-state index >= 15 is 0 Å². The Morgan fingerprint density at radius 2 is 2.13 bits per heavy atom. The molecule has 0 aliphatic rings. The normalized spacial score (nSPS) is 10.5. The monoisotopic (exact) mass is 410 g/mol. The standard InChI is InChI=1S/C14H11BrN4O2S2/c15-8-4-11(22-6-8)14-17-9(7-23-14)5-12(20)18-19-13(21)10-2-1-3-16-10/h1-4,6-7,16H,5H2,(H,18,20)(H,19,21). The van der Waals surface area contributed by atoms with Crippen LogP contribution in [0.3, 0.4) is 0 Å². The summed E-state index contributed by atoms with van der Waals surface area (Å²) in [7, 11) is 0. The van der Waals surface area contributed by atoms with Gasteiger partial charge in [0.05, 0.1) is 17.0 Å². The van der Waals surface area contributed by atoms with E-state index in [0.717, 1.165) is 14.4 Å². The number of halogens is 1. The predicted molar refractivity (Wildman–Crippen MR) is 93.2 cm³/mol. The lowest BCUT2D eigenvalue weighted by atomic mass is 10.3. The maximum absolute atomic E-state index is 11.9. The summed E-state index contributed by atoms with van der Waals surface area (Å²) in [6, 6.07) is 5.31. The Labute approximate surface area is 148 Å². The highest BCUT2D eigenvalue weighted by Crippen LogP contribution is 2.31. The Morgan fingerprint density at radius 1 is 1.26 bits per heavy atom. The molecule has 6 nitrogen and oxygen atoms in total. The van der Waals surface area contributed by atoms with Gasteiger partial charge < -0.3 is 4.98 Å². The third kappa shape index (κ3) is 4.06. The van der Waals surface area contributed by atoms with Crippen LogP contribution in [0, 0.1) is 0 Å². The zero-order chi connectivity index (χ0) is 16.2. The Hall–Kier alpha value is -1.97. The van der Waals surface area contributed by atoms with E-state index in [2.05, 4.69) is 36.7 Å². The molecule has 0 atom stereocenters. The number of rotatable bonds is 4. The Balaban J connectivity index is 1.54. The van der Waals surface area contributed by atoms with Gasteiger partial charge in [-0.1, -0.05) is 0 Å². The third-order valence-electron chi connectivity index (χ3n) is 2.83. The molecule has 3 rings (SSSR count). The molecule has 0 saturated carbocycles. The molecule has 0 aliphatic heterocycles. The van der Waals surface area contributed by atoms with Crippen molar-refractivity contribution < 1.29 is 9.59 Å². The number of carbonyl (C=O) groups excluding carboxylic acids is 2. The van der Waals surface area contributed by atoms with Gasteiger partial charge in [-0.15, -0.1) is 22.7 Å². The number of hydrazine groups is 1. The van der Waals surface area contributed by atoms with Crippen molar-refractivity contribution in [2.24, 2.45) is 0 Å². The molecule has 3 heterocycles. The van der Waals surface area contributed by atoms with Crippen LogP contribution in [0.2, 0.25) is 0 Å². The van der Waals surface area contributed by atoms with Crippen molar-refractivity contribution in [3.8, 4) is 9.88 Å². The Morgan fingerprint density at radius 3 is 2.83 bits per heavy atom. The SMILES string of the molecule is O=C(Cc1csc(-c2cc(Br)cs2)n1)NNC(=O)c1ccc[nH]1. The van der Waals surface area contributed by atoms with Gasteiger partial charge in [0.1, 0.15) is 10.7 Å². The largest absolute Gasteiger partial charge is 0.357 e. The van der Waals surface area contributed by atoms with Crippen LogP contribution < -0.4 is 10.9 Å². The first-order valence-corrected chi connectivity index (χ1v) is 9.08. The molecule has 0 spiro atoms. The van der Waals surface area contributed by atoms with Crippen molar-refractivity contribution in [3.63, 3.8) is 0 Å². The van der Waals surface area contributed by atoms with E-state index in [4.69, 9.17) is 0 Å². The van der Waals surface area contributed by atoms with E-state index in [0.29, 0.717) is 11.4 Å². The van der Waals surface area contributed by atoms with Crippen LogP contribution in [0.15, 0.2) is 39.6 Å². The minimum absolute atomic E-state index is 0.105. The number of carbonyl (C=O) groups is 2. The number of H-pyrrole nitrogens is 1. The summed E-state index contributed by atoms with van der Waals surface area (Å²) in [5, 5.41) is 4.70. The fourth-order valence-corrected chi connectivity index (χ4v) is 4.13. The summed E-state index contributed by atoms with van der Waals surface area (Å²) < 4.78 is 1.01. The molecular formula is C14H11BrN4O2S2. The molecule has 0 unspecified atom stereocenters. The zero-order valence-electron chi connectivity index (χ0n) is 11.6. The van der Waals surface area contributed by atoms with Crippen molar-refractivity contribution in [2.45, 2.75) is 6.42 Å². The van der Waals surface area contributed by atoms with Gasteiger partial charge in [0, 0.05) is 21.4 Å². The average molecular weight is 411 g/mol. The second-order valence-electron chi connectivity index (χ2n) is 4.54. The molecule has 0 aromatic carbocycles. The molecule has 3 aromatic heterocycles. The molecule has 0 bridgehead atoms. The van der Waals surface area contributed by atoms with Gasteiger partial charge in [0.2, 0.25) is 5.91 Å². The van der Waals surface area contributed by atoms with E-state index in [1.807, 2.05) is 16.8 Å². The van der Waals surface area contributed by atoms with Crippen LogP contribution in [0.4, 0.5) is 0 Å². The summed E-state index contributed by atoms with van der Waals surface area (Å²) in [5.41, 5.74) is 5.77. The highest BCUT2D eigenvalue weighted by Gasteiger charge is 2.12. The van der Waals surface area contributed by atoms with Crippen molar-refractivity contribution >= 4 is 50.4 Å². The number of nitrogens with zero attached hydrogens (tertiary/aromatic N) is 1. The molecule has 118 valence electrons. The van der Waals surface area contributed by atoms with E-state index in [9.17, 15) is 9.59 Å². The van der Waals surface area contributed by atoms with E-state index in [-0.39, 0.29) is 12.3 Å². The van der Waals surface area contributed by atoms with Gasteiger partial charge in [-0.05, 0) is 34.1 Å². The topological polar surface area (TPSA) is 86.9 Å². The minimum Gasteiger partial charge on any atom is -0.357 e. The molecule has 0 radical (unpaired) electrons. The Bertz CT molecular complexity index is 826. The first kappa shape index (κ1) is 15.9. The highest BCUT2D eigenvalue weighted by molar-refractivity contribution is 9.10. The summed E-state index contributed by atoms with van der Waals surface area (Å²) in [4.78, 5) is 31.8. The lowest BCUT2D eigenvalue weighted by Crippen LogP contribution is -2.42. The summed E-state index contributed by atoms with van der Waals surface area (Å²) in [6.07, 6.45) is 1.74. The number of thiophene rings is 1. The lowest BCUT2D eigenvalue weighted by molar-refractivity contribution is -0.121. The second kappa shape index (κ2) is 7.07. The van der Waals surface area contributed by atoms with Crippen LogP contribution in [0.25, 0.3) is 9.88 Å². The number of amides is 2. The minimum atomic E-state index is -0.397. The van der Waals surface area contributed by atoms with Crippen molar-refractivity contribution in [1.29, 1.82) is 0 Å². The number of hydrogen-bond donors (Lipinski definition) is 3. The number of hydrogen-bond acceptors (Lipinski definition) is 5. The van der Waals surface area contributed by atoms with Crippen LogP contribution in [-0.2, 0) is 11.2 Å². The summed E-state index contributed by atoms with van der Waals surface area (Å²) in [6.45, 7) is 0. The van der Waals surface area contributed by atoms with Gasteiger partial charge >= 0.3 is 0 Å². The smallest absolute Gasteiger partial charge is 0.286 e. The predicted octanol–water partition coefficient (Wildman–Crippen LogP) is 2.97. The molecule has 3 N–H and O–H groups in total. The molecule has 0 fully saturated rings. The number of nitrogens with one attached hydrogen (secondary N) is 3. The lowest BCUT2D eigenvalue weighted by Gasteiger charge is -2.05. The van der Waals surface area contributed by atoms with E-state index < -0.39 is 5.91 Å². The van der Waals surface area contributed by atoms with E-state index in [1.54, 1.807) is 29.7 Å². The third-order valence-corrected chi connectivity index (χ3v) is 5.58. The maximum atomic E-state index is 11.9. The van der Waals surface area contributed by atoms with Gasteiger partial charge in [-0.25, -0.2) is 4.98 Å². The van der Waals surface area contributed by atoms with Crippen molar-refractivity contribution in [2.75, 3.05) is 0 Å². The second-order valence-corrected chi connectivity index (χ2v) is 7.22. The van der Waals surface area contributed by atoms with Crippen LogP contribution in [0.1, 0.15) is 16.2 Å². The van der Waals surface area contributed by atoms with Gasteiger partial charge in [0.15, 0.2) is 0 Å². The van der Waals surface area contributed by atoms with Crippen molar-refractivity contribution in [3.05, 3.63) is 51.0 Å². The number of thiazole rings is 1. The molecule has 0 saturated heterocycles. The number of aromatic amines is 1. The first-order chi connectivity index (χ1) is 11.1. The van der Waals surface area contributed by atoms with Gasteiger partial charge in [-0.3, -0.25) is 20.4 Å². The molecule has 3 aromatic rings. The fraction of sp³-hybridized carbons (Fsp3) is 0.0714. The first-order valence-electron chi connectivity index (χ1n) is 6.53. The fourth-order valence-electron chi connectivity index (χ4n) is 1.80. The highest BCUT2D eigenvalue weighted by atomic mass is 79.9. The zero-order valence-corrected chi connectivity index (χ0v) is 14.8. The quantitative estimate of drug-likeness (QED) is 0.577. The maximum Gasteiger partial charge on any atom is 0.286 e. The van der Waals surface area contributed by atoms with Crippen molar-refractivity contribution in [1.82, 2.24) is 20.8 Å². The van der Waals surface area contributed by atoms with Crippen LogP contribution >= 0.6 is 38.6 Å². The molecule has 9 heteroatoms. The Kier molecular flexibility index (Phi) is 4.89. The molecule has 23 heavy (non-hydrogen) atoms. The molecule has 2 amide bonds. The number of aromatic nitrogens is 2. The van der Waals surface area contributed by atoms with Crippen LogP contribution in [0.5, 0.6) is 0 Å². The van der Waals surface area contributed by atoms with E-state index in [1.165, 1.54) is 11.3 Å². The molecular weight excluding hydrogens is 400 g/mol. The van der Waals surface area contributed by atoms with Gasteiger partial charge in [0.25, 0.3) is 5.91 Å². The molecule has 0 aliphatic carbocycles. The van der Waals surface area contributed by atoms with Crippen LogP contribution in [-0.4, -0.2) is 21.8 Å². The summed E-state index contributed by atoms with van der Waals surface area (Å²) in [5.74, 6) is -0.722.